The van der Waals surface area contributed by atoms with Crippen molar-refractivity contribution < 1.29 is 4.79 Å². The summed E-state index contributed by atoms with van der Waals surface area (Å²) in [6.45, 7) is 6.98. The molecule has 2 fully saturated rings. The smallest absolute Gasteiger partial charge is 0.222 e. The summed E-state index contributed by atoms with van der Waals surface area (Å²) < 4.78 is 0. The molecule has 0 aromatic rings. The molecule has 3 atom stereocenters. The van der Waals surface area contributed by atoms with E-state index < -0.39 is 0 Å². The number of nitrogens with zero attached hydrogens (tertiary/aromatic N) is 1. The number of hydrogen-bond donors (Lipinski definition) is 1. The van der Waals surface area contributed by atoms with Crippen LogP contribution in [0.3, 0.4) is 0 Å². The number of amides is 1. The number of carbonyl (C=O) groups is 1. The van der Waals surface area contributed by atoms with E-state index in [9.17, 15) is 4.79 Å². The second-order valence-electron chi connectivity index (χ2n) is 6.92. The van der Waals surface area contributed by atoms with Crippen LogP contribution in [0.15, 0.2) is 0 Å². The second-order valence-corrected chi connectivity index (χ2v) is 6.92. The van der Waals surface area contributed by atoms with Gasteiger partial charge in [0.05, 0.1) is 0 Å². The first-order valence-electron chi connectivity index (χ1n) is 7.50. The molecule has 0 bridgehead atoms. The molecule has 2 rings (SSSR count). The van der Waals surface area contributed by atoms with E-state index >= 15 is 0 Å². The maximum absolute atomic E-state index is 12.3. The van der Waals surface area contributed by atoms with Gasteiger partial charge in [0.25, 0.3) is 0 Å². The van der Waals surface area contributed by atoms with Crippen LogP contribution < -0.4 is 5.73 Å². The number of rotatable bonds is 3. The molecule has 112 valence electrons. The van der Waals surface area contributed by atoms with Gasteiger partial charge in [-0.3, -0.25) is 4.79 Å². The van der Waals surface area contributed by atoms with Crippen molar-refractivity contribution in [2.45, 2.75) is 52.4 Å². The lowest BCUT2D eigenvalue weighted by molar-refractivity contribution is -0.131. The lowest BCUT2D eigenvalue weighted by Crippen LogP contribution is -2.35. The van der Waals surface area contributed by atoms with Gasteiger partial charge in [-0.1, -0.05) is 26.7 Å². The maximum Gasteiger partial charge on any atom is 0.222 e. The van der Waals surface area contributed by atoms with Crippen LogP contribution in [-0.4, -0.2) is 30.4 Å². The van der Waals surface area contributed by atoms with Gasteiger partial charge < -0.3 is 10.6 Å². The quantitative estimate of drug-likeness (QED) is 0.868. The van der Waals surface area contributed by atoms with Crippen molar-refractivity contribution in [3.05, 3.63) is 0 Å². The van der Waals surface area contributed by atoms with E-state index in [0.717, 1.165) is 31.8 Å². The van der Waals surface area contributed by atoms with Gasteiger partial charge in [0.1, 0.15) is 0 Å². The number of hydrogen-bond acceptors (Lipinski definition) is 2. The molecular formula is C15H29ClN2O. The molecule has 3 nitrogen and oxygen atoms in total. The maximum atomic E-state index is 12.3. The highest BCUT2D eigenvalue weighted by Crippen LogP contribution is 2.33. The van der Waals surface area contributed by atoms with Crippen molar-refractivity contribution in [3.63, 3.8) is 0 Å². The summed E-state index contributed by atoms with van der Waals surface area (Å²) in [5.41, 5.74) is 5.96. The molecule has 1 aliphatic heterocycles. The minimum atomic E-state index is 0. The third-order valence-corrected chi connectivity index (χ3v) is 4.91. The average molecular weight is 289 g/mol. The van der Waals surface area contributed by atoms with Crippen LogP contribution in [-0.2, 0) is 4.79 Å². The zero-order valence-electron chi connectivity index (χ0n) is 12.4. The van der Waals surface area contributed by atoms with Gasteiger partial charge in [-0.05, 0) is 43.1 Å². The van der Waals surface area contributed by atoms with Gasteiger partial charge in [-0.2, -0.15) is 0 Å². The normalized spacial score (nSPS) is 35.0. The Kier molecular flexibility index (Phi) is 6.13. The van der Waals surface area contributed by atoms with Crippen LogP contribution in [0.4, 0.5) is 0 Å². The van der Waals surface area contributed by atoms with Crippen LogP contribution >= 0.6 is 12.4 Å². The monoisotopic (exact) mass is 288 g/mol. The molecule has 1 saturated heterocycles. The zero-order valence-corrected chi connectivity index (χ0v) is 13.2. The Balaban J connectivity index is 0.00000180. The fourth-order valence-electron chi connectivity index (χ4n) is 3.52. The molecule has 3 unspecified atom stereocenters. The number of nitrogens with two attached hydrogens (primary N) is 1. The van der Waals surface area contributed by atoms with Gasteiger partial charge in [0.2, 0.25) is 5.91 Å². The Hall–Kier alpha value is -0.280. The molecule has 2 N–H and O–H groups in total. The van der Waals surface area contributed by atoms with Crippen molar-refractivity contribution in [1.29, 1.82) is 0 Å². The molecule has 0 radical (unpaired) electrons. The molecule has 2 aliphatic rings. The molecule has 0 aromatic heterocycles. The highest BCUT2D eigenvalue weighted by Gasteiger charge is 2.35. The summed E-state index contributed by atoms with van der Waals surface area (Å²) in [5, 5.41) is 0. The molecule has 0 spiro atoms. The molecule has 1 aliphatic carbocycles. The number of carbonyl (C=O) groups excluding carboxylic acids is 1. The highest BCUT2D eigenvalue weighted by molar-refractivity contribution is 5.85. The summed E-state index contributed by atoms with van der Waals surface area (Å²) in [6, 6.07) is 0. The molecule has 1 amide bonds. The highest BCUT2D eigenvalue weighted by atomic mass is 35.5. The van der Waals surface area contributed by atoms with Crippen molar-refractivity contribution in [1.82, 2.24) is 4.90 Å². The lowest BCUT2D eigenvalue weighted by atomic mass is 9.80. The van der Waals surface area contributed by atoms with E-state index in [-0.39, 0.29) is 17.8 Å². The average Bonchev–Trinajstić information content (AvgIpc) is 2.73. The predicted octanol–water partition coefficient (Wildman–Crippen LogP) is 2.82. The van der Waals surface area contributed by atoms with Gasteiger partial charge in [0, 0.05) is 19.5 Å². The SMILES string of the molecule is CC1CCCC(CC(=O)N2CCC(C)(CN)C2)C1.Cl. The topological polar surface area (TPSA) is 46.3 Å². The lowest BCUT2D eigenvalue weighted by Gasteiger charge is -2.28. The third-order valence-electron chi connectivity index (χ3n) is 4.91. The van der Waals surface area contributed by atoms with E-state index in [1.165, 1.54) is 25.7 Å². The summed E-state index contributed by atoms with van der Waals surface area (Å²) in [4.78, 5) is 14.4. The van der Waals surface area contributed by atoms with Crippen LogP contribution in [0.2, 0.25) is 0 Å². The third kappa shape index (κ3) is 4.35. The Morgan fingerprint density at radius 2 is 2.16 bits per heavy atom. The minimum Gasteiger partial charge on any atom is -0.342 e. The molecule has 1 heterocycles. The molecular weight excluding hydrogens is 260 g/mol. The zero-order chi connectivity index (χ0) is 13.2. The van der Waals surface area contributed by atoms with Gasteiger partial charge >= 0.3 is 0 Å². The van der Waals surface area contributed by atoms with Gasteiger partial charge in [-0.15, -0.1) is 12.4 Å². The Bertz CT molecular complexity index is 311. The number of likely N-dealkylation sites (tertiary alicyclic amines) is 1. The fourth-order valence-corrected chi connectivity index (χ4v) is 3.52. The Morgan fingerprint density at radius 1 is 1.42 bits per heavy atom. The largest absolute Gasteiger partial charge is 0.342 e. The molecule has 4 heteroatoms. The van der Waals surface area contributed by atoms with Crippen molar-refractivity contribution in [2.24, 2.45) is 23.0 Å². The molecule has 0 aromatic carbocycles. The standard InChI is InChI=1S/C15H28N2O.ClH/c1-12-4-3-5-13(8-12)9-14(18)17-7-6-15(2,10-16)11-17;/h12-13H,3-11,16H2,1-2H3;1H. The van der Waals surface area contributed by atoms with Gasteiger partial charge in [0.15, 0.2) is 0 Å². The Morgan fingerprint density at radius 3 is 2.74 bits per heavy atom. The van der Waals surface area contributed by atoms with Crippen LogP contribution in [0.25, 0.3) is 0 Å². The predicted molar refractivity (Wildman–Crippen MR) is 81.3 cm³/mol. The molecule has 19 heavy (non-hydrogen) atoms. The number of halogens is 1. The van der Waals surface area contributed by atoms with Crippen LogP contribution in [0.1, 0.15) is 52.4 Å². The van der Waals surface area contributed by atoms with E-state index in [1.807, 2.05) is 4.90 Å². The van der Waals surface area contributed by atoms with Crippen molar-refractivity contribution in [2.75, 3.05) is 19.6 Å². The van der Waals surface area contributed by atoms with E-state index in [4.69, 9.17) is 5.73 Å². The summed E-state index contributed by atoms with van der Waals surface area (Å²) in [5.74, 6) is 1.81. The van der Waals surface area contributed by atoms with Crippen LogP contribution in [0, 0.1) is 17.3 Å². The first-order chi connectivity index (χ1) is 8.52. The fraction of sp³-hybridized carbons (Fsp3) is 0.933. The van der Waals surface area contributed by atoms with E-state index in [2.05, 4.69) is 13.8 Å². The van der Waals surface area contributed by atoms with E-state index in [0.29, 0.717) is 18.4 Å². The van der Waals surface area contributed by atoms with Crippen molar-refractivity contribution in [3.8, 4) is 0 Å². The van der Waals surface area contributed by atoms with Gasteiger partial charge in [-0.25, -0.2) is 0 Å². The summed E-state index contributed by atoms with van der Waals surface area (Å²) >= 11 is 0. The van der Waals surface area contributed by atoms with Crippen molar-refractivity contribution >= 4 is 18.3 Å². The first-order valence-corrected chi connectivity index (χ1v) is 7.50. The molecule has 1 saturated carbocycles. The second kappa shape index (κ2) is 6.94. The van der Waals surface area contributed by atoms with E-state index in [1.54, 1.807) is 0 Å². The first kappa shape index (κ1) is 16.8. The minimum absolute atomic E-state index is 0. The van der Waals surface area contributed by atoms with Crippen LogP contribution in [0.5, 0.6) is 0 Å². The summed E-state index contributed by atoms with van der Waals surface area (Å²) in [6.07, 6.45) is 6.98. The Labute approximate surface area is 123 Å². The summed E-state index contributed by atoms with van der Waals surface area (Å²) in [7, 11) is 0.